The third-order valence-electron chi connectivity index (χ3n) is 4.35. The van der Waals surface area contributed by atoms with Gasteiger partial charge in [-0.1, -0.05) is 0 Å². The lowest BCUT2D eigenvalue weighted by molar-refractivity contribution is -0.137. The second-order valence-corrected chi connectivity index (χ2v) is 7.04. The van der Waals surface area contributed by atoms with Crippen LogP contribution >= 0.6 is 11.8 Å². The van der Waals surface area contributed by atoms with Crippen LogP contribution in [0.25, 0.3) is 0 Å². The number of nitrogens with zero attached hydrogens (tertiary/aromatic N) is 5. The molecule has 7 heteroatoms. The number of aryl methyl sites for hydroxylation is 1. The molecule has 3 rings (SSSR count). The van der Waals surface area contributed by atoms with Crippen molar-refractivity contribution in [3.05, 3.63) is 12.2 Å². The molecular formula is C14H23N5OS. The Kier molecular flexibility index (Phi) is 4.80. The standard InChI is InChI=1S/C14H23N5OS/c1-17-13(15-11-16-17)10-18-4-2-3-12(9-18)14(20)19-5-7-21-8-6-19/h11-12H,2-10H2,1H3. The third kappa shape index (κ3) is 3.58. The van der Waals surface area contributed by atoms with Crippen molar-refractivity contribution in [3.8, 4) is 0 Å². The maximum absolute atomic E-state index is 12.6. The van der Waals surface area contributed by atoms with Crippen LogP contribution in [-0.4, -0.2) is 68.2 Å². The van der Waals surface area contributed by atoms with Crippen molar-refractivity contribution >= 4 is 17.7 Å². The highest BCUT2D eigenvalue weighted by Gasteiger charge is 2.30. The summed E-state index contributed by atoms with van der Waals surface area (Å²) in [6.45, 7) is 4.53. The molecule has 0 saturated carbocycles. The first kappa shape index (κ1) is 14.8. The van der Waals surface area contributed by atoms with Crippen molar-refractivity contribution in [2.45, 2.75) is 19.4 Å². The minimum atomic E-state index is 0.162. The van der Waals surface area contributed by atoms with Crippen LogP contribution in [0.1, 0.15) is 18.7 Å². The summed E-state index contributed by atoms with van der Waals surface area (Å²) in [6, 6.07) is 0. The summed E-state index contributed by atoms with van der Waals surface area (Å²) in [5.74, 6) is 3.66. The van der Waals surface area contributed by atoms with Crippen molar-refractivity contribution in [1.82, 2.24) is 24.6 Å². The van der Waals surface area contributed by atoms with E-state index in [4.69, 9.17) is 0 Å². The molecule has 0 aliphatic carbocycles. The molecule has 3 heterocycles. The second kappa shape index (κ2) is 6.79. The summed E-state index contributed by atoms with van der Waals surface area (Å²) in [5.41, 5.74) is 0. The van der Waals surface area contributed by atoms with Gasteiger partial charge < -0.3 is 4.90 Å². The Balaban J connectivity index is 1.57. The summed E-state index contributed by atoms with van der Waals surface area (Å²) in [5, 5.41) is 4.11. The number of carbonyl (C=O) groups is 1. The monoisotopic (exact) mass is 309 g/mol. The van der Waals surface area contributed by atoms with Gasteiger partial charge >= 0.3 is 0 Å². The van der Waals surface area contributed by atoms with E-state index in [0.29, 0.717) is 5.91 Å². The molecule has 116 valence electrons. The number of likely N-dealkylation sites (tertiary alicyclic amines) is 1. The smallest absolute Gasteiger partial charge is 0.227 e. The molecule has 0 bridgehead atoms. The molecule has 2 fully saturated rings. The van der Waals surface area contributed by atoms with E-state index >= 15 is 0 Å². The van der Waals surface area contributed by atoms with Gasteiger partial charge in [0, 0.05) is 38.2 Å². The van der Waals surface area contributed by atoms with Crippen LogP contribution in [0.15, 0.2) is 6.33 Å². The van der Waals surface area contributed by atoms with Gasteiger partial charge in [0.25, 0.3) is 0 Å². The fraction of sp³-hybridized carbons (Fsp3) is 0.786. The topological polar surface area (TPSA) is 54.3 Å². The summed E-state index contributed by atoms with van der Waals surface area (Å²) in [7, 11) is 1.92. The van der Waals surface area contributed by atoms with Crippen LogP contribution in [0.5, 0.6) is 0 Å². The van der Waals surface area contributed by atoms with Crippen molar-refractivity contribution in [1.29, 1.82) is 0 Å². The molecule has 0 aromatic carbocycles. The minimum Gasteiger partial charge on any atom is -0.341 e. The predicted octanol–water partition coefficient (Wildman–Crippen LogP) is 0.602. The van der Waals surface area contributed by atoms with Gasteiger partial charge in [0.2, 0.25) is 5.91 Å². The molecule has 2 aliphatic heterocycles. The van der Waals surface area contributed by atoms with E-state index in [0.717, 1.165) is 62.9 Å². The molecule has 6 nitrogen and oxygen atoms in total. The van der Waals surface area contributed by atoms with Crippen LogP contribution in [0, 0.1) is 5.92 Å². The van der Waals surface area contributed by atoms with Gasteiger partial charge in [-0.3, -0.25) is 14.4 Å². The summed E-state index contributed by atoms with van der Waals surface area (Å²) in [6.07, 6.45) is 3.71. The first-order valence-corrected chi connectivity index (χ1v) is 8.81. The van der Waals surface area contributed by atoms with Gasteiger partial charge in [0.05, 0.1) is 12.5 Å². The number of aromatic nitrogens is 3. The molecule has 2 saturated heterocycles. The SMILES string of the molecule is Cn1ncnc1CN1CCCC(C(=O)N2CCSCC2)C1. The third-order valence-corrected chi connectivity index (χ3v) is 5.29. The zero-order chi connectivity index (χ0) is 14.7. The molecule has 1 amide bonds. The van der Waals surface area contributed by atoms with Gasteiger partial charge in [0.15, 0.2) is 0 Å². The van der Waals surface area contributed by atoms with Gasteiger partial charge in [-0.15, -0.1) is 0 Å². The molecule has 0 radical (unpaired) electrons. The van der Waals surface area contributed by atoms with Gasteiger partial charge in [-0.2, -0.15) is 16.9 Å². The second-order valence-electron chi connectivity index (χ2n) is 5.81. The molecule has 1 atom stereocenters. The molecule has 0 spiro atoms. The number of piperidine rings is 1. The fourth-order valence-corrected chi connectivity index (χ4v) is 4.01. The molecule has 1 unspecified atom stereocenters. The Hall–Kier alpha value is -1.08. The average molecular weight is 309 g/mol. The number of amides is 1. The highest BCUT2D eigenvalue weighted by atomic mass is 32.2. The molecule has 21 heavy (non-hydrogen) atoms. The van der Waals surface area contributed by atoms with Crippen LogP contribution in [0.4, 0.5) is 0 Å². The first-order valence-electron chi connectivity index (χ1n) is 7.66. The Labute approximate surface area is 129 Å². The summed E-state index contributed by atoms with van der Waals surface area (Å²) < 4.78 is 1.81. The Morgan fingerprint density at radius 2 is 2.19 bits per heavy atom. The van der Waals surface area contributed by atoms with E-state index in [1.54, 1.807) is 6.33 Å². The number of carbonyl (C=O) groups excluding carboxylic acids is 1. The number of hydrogen-bond donors (Lipinski definition) is 0. The molecule has 2 aliphatic rings. The largest absolute Gasteiger partial charge is 0.341 e. The molecule has 0 N–H and O–H groups in total. The van der Waals surface area contributed by atoms with Crippen LogP contribution < -0.4 is 0 Å². The highest BCUT2D eigenvalue weighted by molar-refractivity contribution is 7.99. The van der Waals surface area contributed by atoms with Gasteiger partial charge in [-0.25, -0.2) is 4.98 Å². The molecular weight excluding hydrogens is 286 g/mol. The van der Waals surface area contributed by atoms with E-state index in [-0.39, 0.29) is 5.92 Å². The van der Waals surface area contributed by atoms with E-state index < -0.39 is 0 Å². The zero-order valence-electron chi connectivity index (χ0n) is 12.6. The van der Waals surface area contributed by atoms with Crippen molar-refractivity contribution in [2.24, 2.45) is 13.0 Å². The quantitative estimate of drug-likeness (QED) is 0.818. The lowest BCUT2D eigenvalue weighted by Gasteiger charge is -2.35. The van der Waals surface area contributed by atoms with Crippen LogP contribution in [0.2, 0.25) is 0 Å². The number of hydrogen-bond acceptors (Lipinski definition) is 5. The average Bonchev–Trinajstić information content (AvgIpc) is 2.93. The van der Waals surface area contributed by atoms with Gasteiger partial charge in [0.1, 0.15) is 12.2 Å². The predicted molar refractivity (Wildman–Crippen MR) is 82.9 cm³/mol. The minimum absolute atomic E-state index is 0.162. The van der Waals surface area contributed by atoms with E-state index in [9.17, 15) is 4.79 Å². The summed E-state index contributed by atoms with van der Waals surface area (Å²) in [4.78, 5) is 21.3. The van der Waals surface area contributed by atoms with Gasteiger partial charge in [-0.05, 0) is 19.4 Å². The van der Waals surface area contributed by atoms with Crippen molar-refractivity contribution in [2.75, 3.05) is 37.7 Å². The van der Waals surface area contributed by atoms with Crippen LogP contribution in [0.3, 0.4) is 0 Å². The lowest BCUT2D eigenvalue weighted by atomic mass is 9.96. The summed E-state index contributed by atoms with van der Waals surface area (Å²) >= 11 is 1.95. The Morgan fingerprint density at radius 1 is 1.38 bits per heavy atom. The number of thioether (sulfide) groups is 1. The van der Waals surface area contributed by atoms with Crippen LogP contribution in [-0.2, 0) is 18.4 Å². The van der Waals surface area contributed by atoms with Crippen molar-refractivity contribution < 1.29 is 4.79 Å². The maximum Gasteiger partial charge on any atom is 0.227 e. The zero-order valence-corrected chi connectivity index (χ0v) is 13.4. The van der Waals surface area contributed by atoms with Crippen molar-refractivity contribution in [3.63, 3.8) is 0 Å². The normalized spacial score (nSPS) is 24.2. The maximum atomic E-state index is 12.6. The highest BCUT2D eigenvalue weighted by Crippen LogP contribution is 2.21. The molecule has 1 aromatic rings. The molecule has 1 aromatic heterocycles. The van der Waals surface area contributed by atoms with E-state index in [1.165, 1.54) is 0 Å². The fourth-order valence-electron chi connectivity index (χ4n) is 3.11. The first-order chi connectivity index (χ1) is 10.2. The number of rotatable bonds is 3. The van der Waals surface area contributed by atoms with E-state index in [1.807, 2.05) is 23.5 Å². The lowest BCUT2D eigenvalue weighted by Crippen LogP contribution is -2.47. The Bertz CT molecular complexity index is 485. The van der Waals surface area contributed by atoms with E-state index in [2.05, 4.69) is 19.9 Å². The Morgan fingerprint density at radius 3 is 2.90 bits per heavy atom.